The molecule has 1 fully saturated rings. The van der Waals surface area contributed by atoms with E-state index in [4.69, 9.17) is 21.6 Å². The fourth-order valence-corrected chi connectivity index (χ4v) is 7.27. The van der Waals surface area contributed by atoms with Crippen molar-refractivity contribution in [1.82, 2.24) is 28.6 Å². The summed E-state index contributed by atoms with van der Waals surface area (Å²) in [5, 5.41) is 0.408. The lowest BCUT2D eigenvalue weighted by atomic mass is 9.91. The molecule has 4 aromatic rings. The van der Waals surface area contributed by atoms with Crippen molar-refractivity contribution in [3.05, 3.63) is 83.0 Å². The van der Waals surface area contributed by atoms with Crippen LogP contribution in [0.3, 0.4) is 0 Å². The molecule has 0 spiro atoms. The molecule has 0 N–H and O–H groups in total. The molecular formula is C27H30ClN7O2S. The number of aromatic nitrogens is 4. The van der Waals surface area contributed by atoms with Crippen LogP contribution in [0, 0.1) is 0 Å². The molecule has 0 radical (unpaired) electrons. The van der Waals surface area contributed by atoms with Crippen LogP contribution < -0.4 is 4.90 Å². The van der Waals surface area contributed by atoms with Gasteiger partial charge in [0, 0.05) is 56.3 Å². The largest absolute Gasteiger partial charge is 0.339 e. The number of benzene rings is 1. The van der Waals surface area contributed by atoms with Crippen LogP contribution in [0.2, 0.25) is 5.02 Å². The third-order valence-corrected chi connectivity index (χ3v) is 9.61. The van der Waals surface area contributed by atoms with E-state index < -0.39 is 10.0 Å². The monoisotopic (exact) mass is 551 g/mol. The number of hydrogen-bond acceptors (Lipinski definition) is 7. The highest BCUT2D eigenvalue weighted by atomic mass is 35.5. The van der Waals surface area contributed by atoms with Gasteiger partial charge in [-0.1, -0.05) is 23.7 Å². The number of sulfonamides is 1. The standard InChI is InChI=1S/C27H30ClN7O2S/c1-32(24-9-2-5-20-6-4-11-29-26(20)24)18-22-19-35-25(31-22)10-12-30-27(35)33-13-15-34(16-14-33)38(36,37)23-8-3-7-21(28)17-23/h3-4,6-8,10-12,17,19,24H,2,5,9,13-16,18H2,1H3/t24-/m0/s1. The van der Waals surface area contributed by atoms with Crippen molar-refractivity contribution in [1.29, 1.82) is 0 Å². The van der Waals surface area contributed by atoms with Crippen molar-refractivity contribution in [2.75, 3.05) is 38.1 Å². The van der Waals surface area contributed by atoms with E-state index in [0.29, 0.717) is 37.7 Å². The van der Waals surface area contributed by atoms with Crippen molar-refractivity contribution >= 4 is 33.2 Å². The number of hydrogen-bond donors (Lipinski definition) is 0. The molecule has 0 bridgehead atoms. The molecule has 38 heavy (non-hydrogen) atoms. The maximum absolute atomic E-state index is 13.1. The van der Waals surface area contributed by atoms with E-state index in [0.717, 1.165) is 36.6 Å². The first kappa shape index (κ1) is 25.2. The Morgan fingerprint density at radius 1 is 1.05 bits per heavy atom. The molecule has 11 heteroatoms. The summed E-state index contributed by atoms with van der Waals surface area (Å²) >= 11 is 6.03. The van der Waals surface area contributed by atoms with Crippen LogP contribution in [0.5, 0.6) is 0 Å². The van der Waals surface area contributed by atoms with Crippen LogP contribution >= 0.6 is 11.6 Å². The number of imidazole rings is 1. The maximum Gasteiger partial charge on any atom is 0.243 e. The second kappa shape index (κ2) is 10.3. The number of pyridine rings is 1. The van der Waals surface area contributed by atoms with E-state index in [1.54, 1.807) is 24.4 Å². The van der Waals surface area contributed by atoms with Gasteiger partial charge in [-0.05, 0) is 62.2 Å². The summed E-state index contributed by atoms with van der Waals surface area (Å²) in [6, 6.07) is 12.8. The minimum atomic E-state index is -3.60. The Morgan fingerprint density at radius 3 is 2.71 bits per heavy atom. The zero-order chi connectivity index (χ0) is 26.3. The Hall–Kier alpha value is -3.05. The Kier molecular flexibility index (Phi) is 6.81. The van der Waals surface area contributed by atoms with Crippen molar-refractivity contribution in [3.8, 4) is 0 Å². The van der Waals surface area contributed by atoms with Crippen molar-refractivity contribution in [2.24, 2.45) is 0 Å². The molecule has 3 aromatic heterocycles. The van der Waals surface area contributed by atoms with Gasteiger partial charge in [0.15, 0.2) is 0 Å². The number of piperazine rings is 1. The van der Waals surface area contributed by atoms with Gasteiger partial charge in [0.25, 0.3) is 0 Å². The molecule has 1 aliphatic carbocycles. The third-order valence-electron chi connectivity index (χ3n) is 7.48. The molecule has 1 aliphatic heterocycles. The first-order valence-corrected chi connectivity index (χ1v) is 14.7. The molecule has 6 rings (SSSR count). The van der Waals surface area contributed by atoms with Crippen LogP contribution in [-0.2, 0) is 23.0 Å². The summed E-state index contributed by atoms with van der Waals surface area (Å²) in [6.07, 6.45) is 9.03. The quantitative estimate of drug-likeness (QED) is 0.360. The van der Waals surface area contributed by atoms with Crippen molar-refractivity contribution in [2.45, 2.75) is 36.7 Å². The zero-order valence-electron chi connectivity index (χ0n) is 21.2. The normalized spacial score (nSPS) is 18.7. The lowest BCUT2D eigenvalue weighted by molar-refractivity contribution is 0.206. The number of nitrogens with zero attached hydrogens (tertiary/aromatic N) is 7. The highest BCUT2D eigenvalue weighted by molar-refractivity contribution is 7.89. The highest BCUT2D eigenvalue weighted by Gasteiger charge is 2.30. The molecule has 1 aromatic carbocycles. The molecule has 4 heterocycles. The van der Waals surface area contributed by atoms with E-state index in [-0.39, 0.29) is 10.9 Å². The summed E-state index contributed by atoms with van der Waals surface area (Å²) in [5.74, 6) is 0.772. The van der Waals surface area contributed by atoms with Gasteiger partial charge in [0.05, 0.1) is 22.3 Å². The summed E-state index contributed by atoms with van der Waals surface area (Å²) in [6.45, 7) is 2.50. The Morgan fingerprint density at radius 2 is 1.89 bits per heavy atom. The first-order chi connectivity index (χ1) is 18.4. The average Bonchev–Trinajstić information content (AvgIpc) is 3.35. The van der Waals surface area contributed by atoms with Gasteiger partial charge in [0.1, 0.15) is 5.65 Å². The lowest BCUT2D eigenvalue weighted by Gasteiger charge is -2.34. The molecule has 198 valence electrons. The molecule has 9 nitrogen and oxygen atoms in total. The van der Waals surface area contributed by atoms with Gasteiger partial charge >= 0.3 is 0 Å². The summed E-state index contributed by atoms with van der Waals surface area (Å²) < 4.78 is 29.8. The third kappa shape index (κ3) is 4.77. The number of fused-ring (bicyclic) bond motifs is 2. The number of halogens is 1. The average molecular weight is 552 g/mol. The highest BCUT2D eigenvalue weighted by Crippen LogP contribution is 2.33. The maximum atomic E-state index is 13.1. The van der Waals surface area contributed by atoms with Crippen molar-refractivity contribution in [3.63, 3.8) is 0 Å². The van der Waals surface area contributed by atoms with Crippen LogP contribution in [0.25, 0.3) is 5.65 Å². The van der Waals surface area contributed by atoms with Crippen LogP contribution in [-0.4, -0.2) is 70.2 Å². The summed E-state index contributed by atoms with van der Waals surface area (Å²) in [4.78, 5) is 18.9. The number of aryl methyl sites for hydroxylation is 1. The molecule has 2 aliphatic rings. The minimum Gasteiger partial charge on any atom is -0.339 e. The van der Waals surface area contributed by atoms with Gasteiger partial charge in [-0.25, -0.2) is 18.4 Å². The van der Waals surface area contributed by atoms with Crippen molar-refractivity contribution < 1.29 is 8.42 Å². The van der Waals surface area contributed by atoms with Gasteiger partial charge in [0.2, 0.25) is 16.0 Å². The second-order valence-corrected chi connectivity index (χ2v) is 12.3. The van der Waals surface area contributed by atoms with E-state index >= 15 is 0 Å². The Bertz CT molecular complexity index is 1570. The molecule has 1 saturated heterocycles. The van der Waals surface area contributed by atoms with Crippen LogP contribution in [0.15, 0.2) is 66.0 Å². The molecular weight excluding hydrogens is 522 g/mol. The number of rotatable bonds is 6. The van der Waals surface area contributed by atoms with E-state index in [1.807, 2.05) is 28.9 Å². The van der Waals surface area contributed by atoms with E-state index in [1.165, 1.54) is 21.6 Å². The van der Waals surface area contributed by atoms with Gasteiger partial charge < -0.3 is 4.90 Å². The lowest BCUT2D eigenvalue weighted by Crippen LogP contribution is -2.49. The van der Waals surface area contributed by atoms with Gasteiger partial charge in [-0.15, -0.1) is 0 Å². The zero-order valence-corrected chi connectivity index (χ0v) is 22.8. The molecule has 0 amide bonds. The smallest absolute Gasteiger partial charge is 0.243 e. The Labute approximate surface area is 227 Å². The van der Waals surface area contributed by atoms with Crippen LogP contribution in [0.1, 0.15) is 35.8 Å². The Balaban J connectivity index is 1.18. The fourth-order valence-electron chi connectivity index (χ4n) is 5.55. The second-order valence-electron chi connectivity index (χ2n) is 9.92. The van der Waals surface area contributed by atoms with Crippen LogP contribution in [0.4, 0.5) is 5.95 Å². The SMILES string of the molecule is CN(Cc1cn2c(N3CCN(S(=O)(=O)c4cccc(Cl)c4)CC3)nccc2n1)[C@H]1CCCc2cccnc21. The topological polar surface area (TPSA) is 86.9 Å². The van der Waals surface area contributed by atoms with Gasteiger partial charge in [-0.2, -0.15) is 4.31 Å². The predicted molar refractivity (Wildman–Crippen MR) is 147 cm³/mol. The first-order valence-electron chi connectivity index (χ1n) is 12.9. The summed E-state index contributed by atoms with van der Waals surface area (Å²) in [5.41, 5.74) is 4.31. The predicted octanol–water partition coefficient (Wildman–Crippen LogP) is 3.80. The fraction of sp³-hybridized carbons (Fsp3) is 0.370. The minimum absolute atomic E-state index is 0.220. The number of anilines is 1. The molecule has 0 saturated carbocycles. The summed E-state index contributed by atoms with van der Waals surface area (Å²) in [7, 11) is -1.47. The van der Waals surface area contributed by atoms with E-state index in [2.05, 4.69) is 27.9 Å². The van der Waals surface area contributed by atoms with E-state index in [9.17, 15) is 8.42 Å². The van der Waals surface area contributed by atoms with Gasteiger partial charge in [-0.3, -0.25) is 14.3 Å². The molecule has 1 atom stereocenters. The molecule has 0 unspecified atom stereocenters.